The average molecular weight is 294 g/mol. The summed E-state index contributed by atoms with van der Waals surface area (Å²) in [5.74, 6) is -0.932. The summed E-state index contributed by atoms with van der Waals surface area (Å²) >= 11 is 0. The number of allylic oxidation sites excluding steroid dienone is 1. The van der Waals surface area contributed by atoms with E-state index in [2.05, 4.69) is 0 Å². The Labute approximate surface area is 123 Å². The molecule has 1 saturated heterocycles. The van der Waals surface area contributed by atoms with Crippen molar-refractivity contribution in [2.45, 2.75) is 19.8 Å². The Morgan fingerprint density at radius 3 is 2.62 bits per heavy atom. The van der Waals surface area contributed by atoms with Crippen molar-refractivity contribution in [3.63, 3.8) is 0 Å². The number of halogens is 2. The number of benzene rings is 1. The predicted molar refractivity (Wildman–Crippen MR) is 78.4 cm³/mol. The van der Waals surface area contributed by atoms with Crippen molar-refractivity contribution in [3.8, 4) is 0 Å². The average Bonchev–Trinajstić information content (AvgIpc) is 2.47. The smallest absolute Gasteiger partial charge is 0.246 e. The minimum Gasteiger partial charge on any atom is -0.339 e. The Bertz CT molecular complexity index is 549. The second kappa shape index (κ2) is 6.80. The molecule has 114 valence electrons. The first-order valence-corrected chi connectivity index (χ1v) is 7.14. The van der Waals surface area contributed by atoms with Gasteiger partial charge in [-0.15, -0.1) is 0 Å². The molecule has 1 amide bonds. The highest BCUT2D eigenvalue weighted by Crippen LogP contribution is 2.20. The summed E-state index contributed by atoms with van der Waals surface area (Å²) in [5, 5.41) is 0. The summed E-state index contributed by atoms with van der Waals surface area (Å²) in [5.41, 5.74) is 6.37. The van der Waals surface area contributed by atoms with Crippen LogP contribution in [0.2, 0.25) is 0 Å². The lowest BCUT2D eigenvalue weighted by molar-refractivity contribution is -0.127. The van der Waals surface area contributed by atoms with Crippen LogP contribution < -0.4 is 5.73 Å². The first-order chi connectivity index (χ1) is 10.0. The fourth-order valence-electron chi connectivity index (χ4n) is 2.55. The summed E-state index contributed by atoms with van der Waals surface area (Å²) in [6.07, 6.45) is 3.22. The van der Waals surface area contributed by atoms with Gasteiger partial charge in [-0.1, -0.05) is 0 Å². The Morgan fingerprint density at radius 2 is 2.05 bits per heavy atom. The van der Waals surface area contributed by atoms with Crippen molar-refractivity contribution in [3.05, 3.63) is 41.5 Å². The second-order valence-electron chi connectivity index (χ2n) is 5.46. The van der Waals surface area contributed by atoms with Crippen LogP contribution in [0.1, 0.15) is 25.3 Å². The molecule has 0 aromatic heterocycles. The van der Waals surface area contributed by atoms with Crippen molar-refractivity contribution in [2.75, 3.05) is 19.6 Å². The Kier molecular flexibility index (Phi) is 5.07. The van der Waals surface area contributed by atoms with Crippen molar-refractivity contribution in [1.29, 1.82) is 0 Å². The molecule has 0 atom stereocenters. The van der Waals surface area contributed by atoms with Gasteiger partial charge in [0.15, 0.2) is 0 Å². The lowest BCUT2D eigenvalue weighted by Crippen LogP contribution is -2.39. The van der Waals surface area contributed by atoms with Gasteiger partial charge in [0.05, 0.1) is 0 Å². The standard InChI is InChI=1S/C16H20F2N2O/c1-11(14-3-2-13(17)9-15(14)18)8-16(21)20-6-4-12(10-19)5-7-20/h2-3,8-9,12H,4-7,10,19H2,1H3/b11-8+. The second-order valence-corrected chi connectivity index (χ2v) is 5.46. The van der Waals surface area contributed by atoms with Gasteiger partial charge in [-0.05, 0) is 49.9 Å². The molecule has 1 aromatic rings. The molecule has 3 nitrogen and oxygen atoms in total. The molecule has 1 aromatic carbocycles. The molecule has 2 rings (SSSR count). The fourth-order valence-corrected chi connectivity index (χ4v) is 2.55. The maximum atomic E-state index is 13.7. The zero-order valence-corrected chi connectivity index (χ0v) is 12.1. The molecule has 21 heavy (non-hydrogen) atoms. The van der Waals surface area contributed by atoms with Crippen molar-refractivity contribution < 1.29 is 13.6 Å². The van der Waals surface area contributed by atoms with E-state index < -0.39 is 11.6 Å². The van der Waals surface area contributed by atoms with Crippen LogP contribution in [0.4, 0.5) is 8.78 Å². The summed E-state index contributed by atoms with van der Waals surface area (Å²) in [6, 6.07) is 3.36. The maximum absolute atomic E-state index is 13.7. The largest absolute Gasteiger partial charge is 0.339 e. The monoisotopic (exact) mass is 294 g/mol. The Hall–Kier alpha value is -1.75. The van der Waals surface area contributed by atoms with Gasteiger partial charge in [0.1, 0.15) is 11.6 Å². The lowest BCUT2D eigenvalue weighted by atomic mass is 9.97. The number of piperidine rings is 1. The topological polar surface area (TPSA) is 46.3 Å². The number of nitrogens with zero attached hydrogens (tertiary/aromatic N) is 1. The van der Waals surface area contributed by atoms with Crippen molar-refractivity contribution in [1.82, 2.24) is 4.90 Å². The molecule has 1 heterocycles. The molecule has 0 spiro atoms. The molecular weight excluding hydrogens is 274 g/mol. The highest BCUT2D eigenvalue weighted by molar-refractivity contribution is 5.95. The minimum atomic E-state index is -0.654. The SMILES string of the molecule is C/C(=C\C(=O)N1CCC(CN)CC1)c1ccc(F)cc1F. The highest BCUT2D eigenvalue weighted by Gasteiger charge is 2.21. The van der Waals surface area contributed by atoms with Crippen LogP contribution in [0.15, 0.2) is 24.3 Å². The highest BCUT2D eigenvalue weighted by atomic mass is 19.1. The van der Waals surface area contributed by atoms with Crippen LogP contribution in [-0.4, -0.2) is 30.4 Å². The van der Waals surface area contributed by atoms with Gasteiger partial charge in [-0.2, -0.15) is 0 Å². The molecule has 1 aliphatic heterocycles. The predicted octanol–water partition coefficient (Wildman–Crippen LogP) is 2.57. The van der Waals surface area contributed by atoms with Gasteiger partial charge in [0, 0.05) is 30.8 Å². The molecule has 1 fully saturated rings. The number of hydrogen-bond acceptors (Lipinski definition) is 2. The van der Waals surface area contributed by atoms with Crippen LogP contribution in [0.5, 0.6) is 0 Å². The molecule has 0 bridgehead atoms. The molecule has 1 aliphatic rings. The summed E-state index contributed by atoms with van der Waals surface area (Å²) in [4.78, 5) is 13.9. The summed E-state index contributed by atoms with van der Waals surface area (Å²) < 4.78 is 26.6. The normalized spacial score (nSPS) is 17.1. The molecule has 0 unspecified atom stereocenters. The first-order valence-electron chi connectivity index (χ1n) is 7.14. The Morgan fingerprint density at radius 1 is 1.38 bits per heavy atom. The quantitative estimate of drug-likeness (QED) is 0.871. The van der Waals surface area contributed by atoms with Gasteiger partial charge < -0.3 is 10.6 Å². The third-order valence-electron chi connectivity index (χ3n) is 3.96. The van der Waals surface area contributed by atoms with E-state index in [4.69, 9.17) is 5.73 Å². The van der Waals surface area contributed by atoms with E-state index >= 15 is 0 Å². The van der Waals surface area contributed by atoms with E-state index in [1.807, 2.05) is 0 Å². The van der Waals surface area contributed by atoms with Gasteiger partial charge in [-0.25, -0.2) is 8.78 Å². The van der Waals surface area contributed by atoms with E-state index in [9.17, 15) is 13.6 Å². The minimum absolute atomic E-state index is 0.133. The number of hydrogen-bond donors (Lipinski definition) is 1. The summed E-state index contributed by atoms with van der Waals surface area (Å²) in [6.45, 7) is 3.66. The zero-order chi connectivity index (χ0) is 15.4. The zero-order valence-electron chi connectivity index (χ0n) is 12.1. The maximum Gasteiger partial charge on any atom is 0.246 e. The van der Waals surface area contributed by atoms with Crippen LogP contribution >= 0.6 is 0 Å². The van der Waals surface area contributed by atoms with Crippen LogP contribution in [0, 0.1) is 17.6 Å². The van der Waals surface area contributed by atoms with E-state index in [0.717, 1.165) is 18.9 Å². The molecule has 0 saturated carbocycles. The molecule has 0 radical (unpaired) electrons. The van der Waals surface area contributed by atoms with E-state index in [-0.39, 0.29) is 11.5 Å². The molecular formula is C16H20F2N2O. The number of likely N-dealkylation sites (tertiary alicyclic amines) is 1. The van der Waals surface area contributed by atoms with Gasteiger partial charge in [-0.3, -0.25) is 4.79 Å². The Balaban J connectivity index is 2.06. The third kappa shape index (κ3) is 3.88. The summed E-state index contributed by atoms with van der Waals surface area (Å²) in [7, 11) is 0. The van der Waals surface area contributed by atoms with Gasteiger partial charge in [0.2, 0.25) is 5.91 Å². The third-order valence-corrected chi connectivity index (χ3v) is 3.96. The van der Waals surface area contributed by atoms with E-state index in [1.165, 1.54) is 18.2 Å². The first kappa shape index (κ1) is 15.6. The van der Waals surface area contributed by atoms with Crippen molar-refractivity contribution >= 4 is 11.5 Å². The molecule has 0 aliphatic carbocycles. The van der Waals surface area contributed by atoms with Crippen LogP contribution in [0.3, 0.4) is 0 Å². The number of amides is 1. The number of rotatable bonds is 3. The van der Waals surface area contributed by atoms with Crippen LogP contribution in [-0.2, 0) is 4.79 Å². The number of nitrogens with two attached hydrogens (primary N) is 1. The molecule has 2 N–H and O–H groups in total. The van der Waals surface area contributed by atoms with E-state index in [1.54, 1.807) is 11.8 Å². The van der Waals surface area contributed by atoms with Gasteiger partial charge >= 0.3 is 0 Å². The van der Waals surface area contributed by atoms with Gasteiger partial charge in [0.25, 0.3) is 0 Å². The number of carbonyl (C=O) groups is 1. The number of carbonyl (C=O) groups excluding carboxylic acids is 1. The molecule has 5 heteroatoms. The fraction of sp³-hybridized carbons (Fsp3) is 0.438. The lowest BCUT2D eigenvalue weighted by Gasteiger charge is -2.30. The van der Waals surface area contributed by atoms with Crippen LogP contribution in [0.25, 0.3) is 5.57 Å². The van der Waals surface area contributed by atoms with E-state index in [0.29, 0.717) is 31.1 Å². The van der Waals surface area contributed by atoms with Crippen molar-refractivity contribution in [2.24, 2.45) is 11.7 Å².